The summed E-state index contributed by atoms with van der Waals surface area (Å²) in [5, 5.41) is 4.44. The van der Waals surface area contributed by atoms with Gasteiger partial charge in [-0.3, -0.25) is 0 Å². The molecule has 0 aromatic heterocycles. The van der Waals surface area contributed by atoms with E-state index < -0.39 is 0 Å². The molecule has 1 aromatic rings. The molecule has 0 heterocycles. The zero-order chi connectivity index (χ0) is 10.8. The van der Waals surface area contributed by atoms with Gasteiger partial charge >= 0.3 is 0 Å². The highest BCUT2D eigenvalue weighted by molar-refractivity contribution is 9.09. The lowest BCUT2D eigenvalue weighted by molar-refractivity contribution is 0.314. The molecule has 0 saturated heterocycles. The maximum atomic E-state index is 5.54. The van der Waals surface area contributed by atoms with Crippen molar-refractivity contribution in [1.82, 2.24) is 5.32 Å². The van der Waals surface area contributed by atoms with Crippen LogP contribution in [-0.4, -0.2) is 25.0 Å². The van der Waals surface area contributed by atoms with Gasteiger partial charge < -0.3 is 10.1 Å². The predicted octanol–water partition coefficient (Wildman–Crippen LogP) is 2.83. The first kappa shape index (κ1) is 12.5. The van der Waals surface area contributed by atoms with E-state index in [4.69, 9.17) is 4.74 Å². The molecule has 0 fully saturated rings. The van der Waals surface area contributed by atoms with Crippen molar-refractivity contribution >= 4 is 15.9 Å². The Morgan fingerprint density at radius 3 is 2.60 bits per heavy atom. The van der Waals surface area contributed by atoms with Crippen LogP contribution in [0, 0.1) is 0 Å². The van der Waals surface area contributed by atoms with Crippen molar-refractivity contribution in [2.24, 2.45) is 0 Å². The molecule has 15 heavy (non-hydrogen) atoms. The second kappa shape index (κ2) is 8.74. The minimum absolute atomic E-state index is 0.734. The Kier molecular flexibility index (Phi) is 7.30. The van der Waals surface area contributed by atoms with Gasteiger partial charge in [0.15, 0.2) is 0 Å². The van der Waals surface area contributed by atoms with Crippen molar-refractivity contribution in [3.05, 3.63) is 30.3 Å². The van der Waals surface area contributed by atoms with Gasteiger partial charge in [-0.25, -0.2) is 0 Å². The maximum absolute atomic E-state index is 5.54. The van der Waals surface area contributed by atoms with Gasteiger partial charge in [0.05, 0.1) is 0 Å². The molecule has 1 rings (SSSR count). The highest BCUT2D eigenvalue weighted by atomic mass is 79.9. The summed E-state index contributed by atoms with van der Waals surface area (Å²) in [5.41, 5.74) is 0. The van der Waals surface area contributed by atoms with Gasteiger partial charge in [-0.2, -0.15) is 0 Å². The quantitative estimate of drug-likeness (QED) is 0.580. The molecule has 84 valence electrons. The Hall–Kier alpha value is -0.540. The molecule has 3 heteroatoms. The van der Waals surface area contributed by atoms with Crippen LogP contribution in [0.5, 0.6) is 5.75 Å². The van der Waals surface area contributed by atoms with Crippen LogP contribution in [0.3, 0.4) is 0 Å². The number of halogens is 1. The van der Waals surface area contributed by atoms with Gasteiger partial charge in [0.1, 0.15) is 12.4 Å². The minimum atomic E-state index is 0.734. The zero-order valence-corrected chi connectivity index (χ0v) is 10.5. The molecule has 0 radical (unpaired) electrons. The number of alkyl halides is 1. The lowest BCUT2D eigenvalue weighted by Crippen LogP contribution is -2.22. The Bertz CT molecular complexity index is 241. The van der Waals surface area contributed by atoms with E-state index in [9.17, 15) is 0 Å². The fourth-order valence-electron chi connectivity index (χ4n) is 1.23. The maximum Gasteiger partial charge on any atom is 0.119 e. The van der Waals surface area contributed by atoms with Crippen molar-refractivity contribution < 1.29 is 4.74 Å². The van der Waals surface area contributed by atoms with Crippen molar-refractivity contribution in [2.45, 2.75) is 12.8 Å². The smallest absolute Gasteiger partial charge is 0.119 e. The van der Waals surface area contributed by atoms with E-state index >= 15 is 0 Å². The number of unbranched alkanes of at least 4 members (excludes halogenated alkanes) is 1. The third kappa shape index (κ3) is 6.52. The first-order valence-corrected chi connectivity index (χ1v) is 6.50. The molecule has 0 aliphatic heterocycles. The number of hydrogen-bond acceptors (Lipinski definition) is 2. The first-order chi connectivity index (χ1) is 7.43. The van der Waals surface area contributed by atoms with E-state index in [-0.39, 0.29) is 0 Å². The predicted molar refractivity (Wildman–Crippen MR) is 67.8 cm³/mol. The SMILES string of the molecule is BrCCCCNCCOc1ccccc1. The summed E-state index contributed by atoms with van der Waals surface area (Å²) in [4.78, 5) is 0. The van der Waals surface area contributed by atoms with E-state index in [0.29, 0.717) is 0 Å². The van der Waals surface area contributed by atoms with Crippen LogP contribution in [-0.2, 0) is 0 Å². The summed E-state index contributed by atoms with van der Waals surface area (Å²) in [6.45, 7) is 2.72. The van der Waals surface area contributed by atoms with Crippen LogP contribution in [0.4, 0.5) is 0 Å². The van der Waals surface area contributed by atoms with Gasteiger partial charge in [0.2, 0.25) is 0 Å². The molecule has 0 saturated carbocycles. The van der Waals surface area contributed by atoms with Crippen molar-refractivity contribution in [2.75, 3.05) is 25.0 Å². The second-order valence-electron chi connectivity index (χ2n) is 3.31. The monoisotopic (exact) mass is 271 g/mol. The molecular weight excluding hydrogens is 254 g/mol. The van der Waals surface area contributed by atoms with Crippen LogP contribution < -0.4 is 10.1 Å². The molecular formula is C12H18BrNO. The highest BCUT2D eigenvalue weighted by Gasteiger charge is 1.91. The summed E-state index contributed by atoms with van der Waals surface area (Å²) in [6, 6.07) is 9.92. The number of ether oxygens (including phenoxy) is 1. The van der Waals surface area contributed by atoms with E-state index in [0.717, 1.165) is 30.8 Å². The summed E-state index contributed by atoms with van der Waals surface area (Å²) in [6.07, 6.45) is 2.45. The molecule has 0 unspecified atom stereocenters. The fraction of sp³-hybridized carbons (Fsp3) is 0.500. The number of hydrogen-bond donors (Lipinski definition) is 1. The third-order valence-electron chi connectivity index (χ3n) is 2.03. The Labute approximate surface area is 100 Å². The Morgan fingerprint density at radius 1 is 1.07 bits per heavy atom. The number of para-hydroxylation sites is 1. The standard InChI is InChI=1S/C12H18BrNO/c13-8-4-5-9-14-10-11-15-12-6-2-1-3-7-12/h1-3,6-7,14H,4-5,8-11H2. The van der Waals surface area contributed by atoms with Crippen LogP contribution >= 0.6 is 15.9 Å². The Balaban J connectivity index is 1.93. The van der Waals surface area contributed by atoms with Gasteiger partial charge in [-0.1, -0.05) is 34.1 Å². The molecule has 0 atom stereocenters. The average Bonchev–Trinajstić information content (AvgIpc) is 2.29. The van der Waals surface area contributed by atoms with E-state index in [2.05, 4.69) is 21.2 Å². The van der Waals surface area contributed by atoms with Gasteiger partial charge in [0, 0.05) is 11.9 Å². The van der Waals surface area contributed by atoms with Crippen molar-refractivity contribution in [3.8, 4) is 5.75 Å². The molecule has 0 aliphatic carbocycles. The van der Waals surface area contributed by atoms with Crippen molar-refractivity contribution in [1.29, 1.82) is 0 Å². The topological polar surface area (TPSA) is 21.3 Å². The minimum Gasteiger partial charge on any atom is -0.492 e. The van der Waals surface area contributed by atoms with Crippen molar-refractivity contribution in [3.63, 3.8) is 0 Å². The lowest BCUT2D eigenvalue weighted by Gasteiger charge is -2.06. The van der Waals surface area contributed by atoms with Crippen LogP contribution in [0.25, 0.3) is 0 Å². The van der Waals surface area contributed by atoms with Crippen LogP contribution in [0.2, 0.25) is 0 Å². The second-order valence-corrected chi connectivity index (χ2v) is 4.10. The molecule has 0 amide bonds. The van der Waals surface area contributed by atoms with Gasteiger partial charge in [0.25, 0.3) is 0 Å². The molecule has 1 aromatic carbocycles. The van der Waals surface area contributed by atoms with Gasteiger partial charge in [-0.15, -0.1) is 0 Å². The molecule has 1 N–H and O–H groups in total. The summed E-state index contributed by atoms with van der Waals surface area (Å²) in [7, 11) is 0. The van der Waals surface area contributed by atoms with E-state index in [1.807, 2.05) is 30.3 Å². The first-order valence-electron chi connectivity index (χ1n) is 5.38. The Morgan fingerprint density at radius 2 is 1.87 bits per heavy atom. The molecule has 0 aliphatic rings. The van der Waals surface area contributed by atoms with E-state index in [1.54, 1.807) is 0 Å². The summed E-state index contributed by atoms with van der Waals surface area (Å²) < 4.78 is 5.54. The zero-order valence-electron chi connectivity index (χ0n) is 8.92. The van der Waals surface area contributed by atoms with Crippen LogP contribution in [0.1, 0.15) is 12.8 Å². The summed E-state index contributed by atoms with van der Waals surface area (Å²) in [5.74, 6) is 0.944. The average molecular weight is 272 g/mol. The summed E-state index contributed by atoms with van der Waals surface area (Å²) >= 11 is 3.41. The molecule has 0 bridgehead atoms. The number of rotatable bonds is 8. The molecule has 2 nitrogen and oxygen atoms in total. The normalized spacial score (nSPS) is 10.2. The largest absolute Gasteiger partial charge is 0.492 e. The van der Waals surface area contributed by atoms with Crippen LogP contribution in [0.15, 0.2) is 30.3 Å². The fourth-order valence-corrected chi connectivity index (χ4v) is 1.62. The number of benzene rings is 1. The highest BCUT2D eigenvalue weighted by Crippen LogP contribution is 2.07. The molecule has 0 spiro atoms. The number of nitrogens with one attached hydrogen (secondary N) is 1. The third-order valence-corrected chi connectivity index (χ3v) is 2.59. The van der Waals surface area contributed by atoms with Gasteiger partial charge in [-0.05, 0) is 31.5 Å². The lowest BCUT2D eigenvalue weighted by atomic mass is 10.3. The van der Waals surface area contributed by atoms with E-state index in [1.165, 1.54) is 12.8 Å².